The van der Waals surface area contributed by atoms with E-state index in [-0.39, 0.29) is 0 Å². The van der Waals surface area contributed by atoms with Crippen molar-refractivity contribution in [3.63, 3.8) is 0 Å². The van der Waals surface area contributed by atoms with Crippen molar-refractivity contribution in [3.8, 4) is 0 Å². The monoisotopic (exact) mass is 341 g/mol. The van der Waals surface area contributed by atoms with E-state index >= 15 is 0 Å². The molecule has 3 aromatic rings. The maximum absolute atomic E-state index is 4.78. The van der Waals surface area contributed by atoms with Crippen LogP contribution in [0.5, 0.6) is 0 Å². The Morgan fingerprint density at radius 1 is 1.25 bits per heavy atom. The van der Waals surface area contributed by atoms with Gasteiger partial charge in [0.25, 0.3) is 0 Å². The van der Waals surface area contributed by atoms with Crippen molar-refractivity contribution in [1.29, 1.82) is 0 Å². The number of likely N-dealkylation sites (N-methyl/N-ethyl adjacent to an activating group) is 1. The molecule has 5 rings (SSSR count). The first-order valence-electron chi connectivity index (χ1n) is 8.34. The molecule has 0 amide bonds. The lowest BCUT2D eigenvalue weighted by Crippen LogP contribution is -2.58. The summed E-state index contributed by atoms with van der Waals surface area (Å²) >= 11 is 1.52. The molecule has 0 N–H and O–H groups in total. The molecule has 0 bridgehead atoms. The van der Waals surface area contributed by atoms with E-state index in [1.807, 2.05) is 16.8 Å². The Balaban J connectivity index is 1.28. The normalized spacial score (nSPS) is 18.5. The van der Waals surface area contributed by atoms with Gasteiger partial charge in [-0.05, 0) is 49.1 Å². The first-order chi connectivity index (χ1) is 11.8. The quantitative estimate of drug-likeness (QED) is 0.705. The highest BCUT2D eigenvalue weighted by atomic mass is 32.1. The van der Waals surface area contributed by atoms with Gasteiger partial charge in [0.05, 0.1) is 0 Å². The smallest absolute Gasteiger partial charge is 0.178 e. The van der Waals surface area contributed by atoms with Gasteiger partial charge in [-0.25, -0.2) is 4.37 Å². The molecule has 4 heterocycles. The maximum Gasteiger partial charge on any atom is 0.178 e. The maximum atomic E-state index is 4.78. The predicted molar refractivity (Wildman–Crippen MR) is 92.3 cm³/mol. The standard InChI is InChI=1S/C16H19N7S/c1-21(7-11-6-17-24-10-11)13-8-22(9-13)15-5-4-14-18-19-16(12-2-3-12)23(14)20-15/h4-6,10,12-13H,2-3,7-9H2,1H3. The summed E-state index contributed by atoms with van der Waals surface area (Å²) in [6.45, 7) is 2.97. The minimum absolute atomic E-state index is 0.553. The van der Waals surface area contributed by atoms with Crippen LogP contribution in [0.15, 0.2) is 23.7 Å². The van der Waals surface area contributed by atoms with Crippen molar-refractivity contribution in [2.45, 2.75) is 31.3 Å². The Kier molecular flexibility index (Phi) is 3.27. The van der Waals surface area contributed by atoms with Crippen molar-refractivity contribution in [3.05, 3.63) is 35.1 Å². The molecular formula is C16H19N7S. The van der Waals surface area contributed by atoms with Crippen LogP contribution in [0.3, 0.4) is 0 Å². The molecule has 1 saturated carbocycles. The van der Waals surface area contributed by atoms with Crippen LogP contribution < -0.4 is 4.90 Å². The fraction of sp³-hybridized carbons (Fsp3) is 0.500. The zero-order valence-electron chi connectivity index (χ0n) is 13.5. The highest BCUT2D eigenvalue weighted by molar-refractivity contribution is 7.03. The number of aromatic nitrogens is 5. The van der Waals surface area contributed by atoms with Crippen LogP contribution in [-0.2, 0) is 6.54 Å². The Morgan fingerprint density at radius 3 is 2.88 bits per heavy atom. The van der Waals surface area contributed by atoms with Gasteiger partial charge in [0, 0.05) is 43.2 Å². The fourth-order valence-electron chi connectivity index (χ4n) is 3.20. The molecule has 0 unspecified atom stereocenters. The van der Waals surface area contributed by atoms with Crippen molar-refractivity contribution >= 4 is 23.0 Å². The van der Waals surface area contributed by atoms with Gasteiger partial charge in [-0.15, -0.1) is 15.3 Å². The van der Waals surface area contributed by atoms with Gasteiger partial charge in [0.1, 0.15) is 5.82 Å². The van der Waals surface area contributed by atoms with E-state index in [0.29, 0.717) is 12.0 Å². The summed E-state index contributed by atoms with van der Waals surface area (Å²) < 4.78 is 6.10. The lowest BCUT2D eigenvalue weighted by molar-refractivity contribution is 0.196. The third kappa shape index (κ3) is 2.46. The third-order valence-electron chi connectivity index (χ3n) is 4.94. The summed E-state index contributed by atoms with van der Waals surface area (Å²) in [7, 11) is 2.18. The second-order valence-electron chi connectivity index (χ2n) is 6.80. The summed E-state index contributed by atoms with van der Waals surface area (Å²) in [5, 5.41) is 15.4. The van der Waals surface area contributed by atoms with Gasteiger partial charge in [-0.3, -0.25) is 4.90 Å². The minimum Gasteiger partial charge on any atom is -0.352 e. The van der Waals surface area contributed by atoms with Crippen LogP contribution >= 0.6 is 11.5 Å². The molecule has 2 aliphatic rings. The predicted octanol–water partition coefficient (Wildman–Crippen LogP) is 1.78. The van der Waals surface area contributed by atoms with Crippen LogP contribution in [0.2, 0.25) is 0 Å². The number of fused-ring (bicyclic) bond motifs is 1. The third-order valence-corrected chi connectivity index (χ3v) is 5.58. The largest absolute Gasteiger partial charge is 0.352 e. The Labute approximate surface area is 144 Å². The van der Waals surface area contributed by atoms with E-state index < -0.39 is 0 Å². The molecule has 8 heteroatoms. The van der Waals surface area contributed by atoms with Gasteiger partial charge >= 0.3 is 0 Å². The summed E-state index contributed by atoms with van der Waals surface area (Å²) in [5.74, 6) is 2.59. The van der Waals surface area contributed by atoms with Crippen LogP contribution in [0.1, 0.15) is 30.1 Å². The zero-order chi connectivity index (χ0) is 16.1. The molecule has 2 fully saturated rings. The molecule has 0 aromatic carbocycles. The fourth-order valence-corrected chi connectivity index (χ4v) is 3.73. The van der Waals surface area contributed by atoms with E-state index in [1.54, 1.807) is 0 Å². The van der Waals surface area contributed by atoms with Crippen molar-refractivity contribution in [1.82, 2.24) is 29.1 Å². The number of rotatable bonds is 5. The molecule has 1 aliphatic carbocycles. The topological polar surface area (TPSA) is 62.5 Å². The van der Waals surface area contributed by atoms with Crippen molar-refractivity contribution in [2.24, 2.45) is 0 Å². The van der Waals surface area contributed by atoms with Crippen LogP contribution in [0, 0.1) is 0 Å². The van der Waals surface area contributed by atoms with Crippen LogP contribution in [-0.4, -0.2) is 55.3 Å². The molecule has 0 atom stereocenters. The molecule has 0 spiro atoms. The molecular weight excluding hydrogens is 322 g/mol. The highest BCUT2D eigenvalue weighted by Gasteiger charge is 2.32. The number of hydrogen-bond donors (Lipinski definition) is 0. The Morgan fingerprint density at radius 2 is 2.12 bits per heavy atom. The van der Waals surface area contributed by atoms with Crippen molar-refractivity contribution < 1.29 is 0 Å². The average molecular weight is 341 g/mol. The molecule has 24 heavy (non-hydrogen) atoms. The summed E-state index contributed by atoms with van der Waals surface area (Å²) in [5.41, 5.74) is 2.14. The number of hydrogen-bond acceptors (Lipinski definition) is 7. The Bertz CT molecular complexity index is 849. The van der Waals surface area contributed by atoms with E-state index in [0.717, 1.165) is 36.9 Å². The summed E-state index contributed by atoms with van der Waals surface area (Å²) in [6, 6.07) is 4.64. The molecule has 1 aliphatic heterocycles. The SMILES string of the molecule is CN(Cc1cnsc1)C1CN(c2ccc3nnc(C4CC4)n3n2)C1. The number of anilines is 1. The summed E-state index contributed by atoms with van der Waals surface area (Å²) in [6.07, 6.45) is 4.37. The molecule has 7 nitrogen and oxygen atoms in total. The Hall–Kier alpha value is -2.06. The zero-order valence-corrected chi connectivity index (χ0v) is 14.4. The second-order valence-corrected chi connectivity index (χ2v) is 7.46. The van der Waals surface area contributed by atoms with Crippen LogP contribution in [0.25, 0.3) is 5.65 Å². The van der Waals surface area contributed by atoms with Crippen LogP contribution in [0.4, 0.5) is 5.82 Å². The van der Waals surface area contributed by atoms with E-state index in [9.17, 15) is 0 Å². The number of nitrogens with zero attached hydrogens (tertiary/aromatic N) is 7. The molecule has 0 radical (unpaired) electrons. The van der Waals surface area contributed by atoms with Gasteiger partial charge in [-0.1, -0.05) is 0 Å². The first-order valence-corrected chi connectivity index (χ1v) is 9.17. The summed E-state index contributed by atoms with van der Waals surface area (Å²) in [4.78, 5) is 4.72. The molecule has 1 saturated heterocycles. The van der Waals surface area contributed by atoms with E-state index in [2.05, 4.69) is 42.9 Å². The molecule has 124 valence electrons. The average Bonchev–Trinajstić information content (AvgIpc) is 3.08. The van der Waals surface area contributed by atoms with Gasteiger partial charge in [0.15, 0.2) is 11.5 Å². The van der Waals surface area contributed by atoms with Crippen molar-refractivity contribution in [2.75, 3.05) is 25.0 Å². The first kappa shape index (κ1) is 14.3. The van der Waals surface area contributed by atoms with Gasteiger partial charge < -0.3 is 4.90 Å². The van der Waals surface area contributed by atoms with E-state index in [1.165, 1.54) is 29.9 Å². The highest BCUT2D eigenvalue weighted by Crippen LogP contribution is 2.38. The minimum atomic E-state index is 0.553. The molecule has 3 aromatic heterocycles. The second kappa shape index (κ2) is 5.49. The van der Waals surface area contributed by atoms with E-state index in [4.69, 9.17) is 5.10 Å². The lowest BCUT2D eigenvalue weighted by atomic mass is 10.1. The lowest BCUT2D eigenvalue weighted by Gasteiger charge is -2.44. The van der Waals surface area contributed by atoms with Gasteiger partial charge in [0.2, 0.25) is 0 Å². The van der Waals surface area contributed by atoms with Gasteiger partial charge in [-0.2, -0.15) is 4.52 Å².